The zero-order valence-corrected chi connectivity index (χ0v) is 39.6. The van der Waals surface area contributed by atoms with Gasteiger partial charge in [0.1, 0.15) is 0 Å². The van der Waals surface area contributed by atoms with Gasteiger partial charge in [-0.15, -0.1) is 0 Å². The summed E-state index contributed by atoms with van der Waals surface area (Å²) >= 11 is 0. The van der Waals surface area contributed by atoms with Crippen molar-refractivity contribution >= 4 is 54.4 Å². The molecule has 1 aliphatic carbocycles. The van der Waals surface area contributed by atoms with Crippen LogP contribution in [0.4, 0.5) is 0 Å². The maximum atomic E-state index is 5.42. The molecule has 332 valence electrons. The van der Waals surface area contributed by atoms with E-state index in [2.05, 4.69) is 244 Å². The van der Waals surface area contributed by atoms with Gasteiger partial charge >= 0.3 is 0 Å². The lowest BCUT2D eigenvalue weighted by molar-refractivity contribution is 0.233. The SMILES string of the molecule is CC1CC(C)(C)c2c(-n3c4ccc5ccccc5c4c4ccc5c(c6ccccc6n5-c5nc(-c6ccc(-c7ccccc7)cc6)nc(-c6ccc(-c7ccccc7)cc6)n5)c43)cccc2C1(C)C. The van der Waals surface area contributed by atoms with Crippen molar-refractivity contribution in [1.82, 2.24) is 24.1 Å². The smallest absolute Gasteiger partial charge is 0.238 e. The Hall–Kier alpha value is -8.15. The second-order valence-corrected chi connectivity index (χ2v) is 20.3. The summed E-state index contributed by atoms with van der Waals surface area (Å²) in [5.74, 6) is 2.33. The van der Waals surface area contributed by atoms with Crippen LogP contribution in [-0.2, 0) is 10.8 Å². The van der Waals surface area contributed by atoms with E-state index in [9.17, 15) is 0 Å². The molecular formula is C64H51N5. The van der Waals surface area contributed by atoms with E-state index in [4.69, 9.17) is 15.0 Å². The Bertz CT molecular complexity index is 3870. The highest BCUT2D eigenvalue weighted by atomic mass is 15.2. The third kappa shape index (κ3) is 6.40. The Morgan fingerprint density at radius 3 is 1.61 bits per heavy atom. The first-order chi connectivity index (χ1) is 33.6. The van der Waals surface area contributed by atoms with Gasteiger partial charge in [0.15, 0.2) is 11.6 Å². The zero-order chi connectivity index (χ0) is 46.6. The number of nitrogens with zero attached hydrogens (tertiary/aromatic N) is 5. The highest BCUT2D eigenvalue weighted by Gasteiger charge is 2.43. The molecule has 69 heavy (non-hydrogen) atoms. The molecule has 0 amide bonds. The summed E-state index contributed by atoms with van der Waals surface area (Å²) in [7, 11) is 0. The number of aromatic nitrogens is 5. The minimum absolute atomic E-state index is 0.00942. The lowest BCUT2D eigenvalue weighted by atomic mass is 9.58. The fourth-order valence-corrected chi connectivity index (χ4v) is 11.8. The Labute approximate surface area is 402 Å². The Kier molecular flexibility index (Phi) is 9.19. The minimum atomic E-state index is -0.0567. The summed E-state index contributed by atoms with van der Waals surface area (Å²) in [5, 5.41) is 7.30. The topological polar surface area (TPSA) is 48.5 Å². The minimum Gasteiger partial charge on any atom is -0.308 e. The van der Waals surface area contributed by atoms with Crippen LogP contribution >= 0.6 is 0 Å². The van der Waals surface area contributed by atoms with E-state index >= 15 is 0 Å². The molecule has 13 rings (SSSR count). The van der Waals surface area contributed by atoms with E-state index in [1.54, 1.807) is 0 Å². The summed E-state index contributed by atoms with van der Waals surface area (Å²) in [6.45, 7) is 12.2. The van der Waals surface area contributed by atoms with Crippen molar-refractivity contribution in [3.8, 4) is 56.7 Å². The molecule has 1 atom stereocenters. The number of fused-ring (bicyclic) bond motifs is 10. The predicted molar refractivity (Wildman–Crippen MR) is 288 cm³/mol. The Morgan fingerprint density at radius 1 is 0.420 bits per heavy atom. The molecule has 9 aromatic carbocycles. The van der Waals surface area contributed by atoms with Gasteiger partial charge in [0.05, 0.1) is 27.8 Å². The first kappa shape index (κ1) is 41.1. The molecule has 12 aromatic rings. The molecule has 0 N–H and O–H groups in total. The van der Waals surface area contributed by atoms with Crippen LogP contribution < -0.4 is 0 Å². The van der Waals surface area contributed by atoms with E-state index in [1.165, 1.54) is 65.9 Å². The summed E-state index contributed by atoms with van der Waals surface area (Å²) in [6.07, 6.45) is 1.10. The molecule has 0 fully saturated rings. The summed E-state index contributed by atoms with van der Waals surface area (Å²) in [5.41, 5.74) is 15.0. The zero-order valence-electron chi connectivity index (χ0n) is 39.6. The van der Waals surface area contributed by atoms with Crippen molar-refractivity contribution in [2.45, 2.75) is 51.9 Å². The molecule has 0 spiro atoms. The van der Waals surface area contributed by atoms with E-state index in [0.29, 0.717) is 23.5 Å². The molecular weight excluding hydrogens is 839 g/mol. The molecule has 0 saturated heterocycles. The van der Waals surface area contributed by atoms with Gasteiger partial charge < -0.3 is 4.57 Å². The van der Waals surface area contributed by atoms with Crippen molar-refractivity contribution in [2.75, 3.05) is 0 Å². The van der Waals surface area contributed by atoms with Crippen LogP contribution in [0.15, 0.2) is 200 Å². The number of hydrogen-bond acceptors (Lipinski definition) is 3. The van der Waals surface area contributed by atoms with Gasteiger partial charge in [-0.3, -0.25) is 4.57 Å². The molecule has 1 unspecified atom stereocenters. The monoisotopic (exact) mass is 889 g/mol. The number of rotatable bonds is 6. The molecule has 0 aliphatic heterocycles. The second kappa shape index (κ2) is 15.4. The molecule has 0 bridgehead atoms. The van der Waals surface area contributed by atoms with E-state index in [-0.39, 0.29) is 10.8 Å². The summed E-state index contributed by atoms with van der Waals surface area (Å²) in [6, 6.07) is 72.1. The standard InChI is InChI=1S/C64H51N5/c1-40-39-63(2,3)58-51(64(40,4)5)24-16-26-55(58)68-53-37-35-45-21-12-13-22-48(45)56(53)50-36-38-54-57(59(50)68)49-23-14-15-25-52(49)69(54)62-66-60(46-31-27-43(28-32-46)41-17-8-6-9-18-41)65-61(67-62)47-33-29-44(30-34-47)42-19-10-7-11-20-42/h6-38,40H,39H2,1-5H3. The van der Waals surface area contributed by atoms with Gasteiger partial charge in [-0.1, -0.05) is 211 Å². The molecule has 0 radical (unpaired) electrons. The number of benzene rings is 9. The second-order valence-electron chi connectivity index (χ2n) is 20.3. The van der Waals surface area contributed by atoms with Gasteiger partial charge in [0.25, 0.3) is 0 Å². The first-order valence-electron chi connectivity index (χ1n) is 24.2. The van der Waals surface area contributed by atoms with E-state index in [0.717, 1.165) is 45.1 Å². The fraction of sp³-hybridized carbons (Fsp3) is 0.141. The van der Waals surface area contributed by atoms with E-state index in [1.807, 2.05) is 0 Å². The average molecular weight is 890 g/mol. The van der Waals surface area contributed by atoms with Gasteiger partial charge in [0.2, 0.25) is 5.95 Å². The molecule has 5 heteroatoms. The van der Waals surface area contributed by atoms with Crippen LogP contribution in [0, 0.1) is 5.92 Å². The third-order valence-corrected chi connectivity index (χ3v) is 15.5. The Morgan fingerprint density at radius 2 is 0.957 bits per heavy atom. The molecule has 3 heterocycles. The third-order valence-electron chi connectivity index (χ3n) is 15.5. The molecule has 0 saturated carbocycles. The van der Waals surface area contributed by atoms with Crippen LogP contribution in [0.25, 0.3) is 111 Å². The van der Waals surface area contributed by atoms with Crippen LogP contribution in [0.1, 0.15) is 52.2 Å². The molecule has 5 nitrogen and oxygen atoms in total. The van der Waals surface area contributed by atoms with Crippen molar-refractivity contribution in [3.05, 3.63) is 211 Å². The maximum Gasteiger partial charge on any atom is 0.238 e. The van der Waals surface area contributed by atoms with Crippen molar-refractivity contribution in [3.63, 3.8) is 0 Å². The predicted octanol–water partition coefficient (Wildman–Crippen LogP) is 16.5. The summed E-state index contributed by atoms with van der Waals surface area (Å²) in [4.78, 5) is 16.1. The summed E-state index contributed by atoms with van der Waals surface area (Å²) < 4.78 is 4.88. The van der Waals surface area contributed by atoms with Crippen LogP contribution in [0.5, 0.6) is 0 Å². The lowest BCUT2D eigenvalue weighted by Gasteiger charge is -2.47. The number of para-hydroxylation sites is 1. The van der Waals surface area contributed by atoms with Crippen LogP contribution in [0.3, 0.4) is 0 Å². The maximum absolute atomic E-state index is 5.42. The van der Waals surface area contributed by atoms with Crippen molar-refractivity contribution in [1.29, 1.82) is 0 Å². The van der Waals surface area contributed by atoms with Crippen LogP contribution in [-0.4, -0.2) is 24.1 Å². The highest BCUT2D eigenvalue weighted by molar-refractivity contribution is 6.30. The number of hydrogen-bond donors (Lipinski definition) is 0. The first-order valence-corrected chi connectivity index (χ1v) is 24.2. The lowest BCUT2D eigenvalue weighted by Crippen LogP contribution is -2.41. The van der Waals surface area contributed by atoms with E-state index < -0.39 is 0 Å². The van der Waals surface area contributed by atoms with Gasteiger partial charge in [-0.25, -0.2) is 4.98 Å². The molecule has 3 aromatic heterocycles. The largest absolute Gasteiger partial charge is 0.308 e. The van der Waals surface area contributed by atoms with Gasteiger partial charge in [-0.05, 0) is 91.6 Å². The highest BCUT2D eigenvalue weighted by Crippen LogP contribution is 2.53. The fourth-order valence-electron chi connectivity index (χ4n) is 11.8. The average Bonchev–Trinajstić information content (AvgIpc) is 3.92. The van der Waals surface area contributed by atoms with Crippen molar-refractivity contribution in [2.24, 2.45) is 5.92 Å². The van der Waals surface area contributed by atoms with Crippen LogP contribution in [0.2, 0.25) is 0 Å². The Balaban J connectivity index is 1.11. The van der Waals surface area contributed by atoms with Gasteiger partial charge in [0, 0.05) is 32.7 Å². The quantitative estimate of drug-likeness (QED) is 0.167. The normalized spacial score (nSPS) is 15.3. The molecule has 1 aliphatic rings. The van der Waals surface area contributed by atoms with Crippen molar-refractivity contribution < 1.29 is 0 Å². The van der Waals surface area contributed by atoms with Gasteiger partial charge in [-0.2, -0.15) is 9.97 Å².